The van der Waals surface area contributed by atoms with Gasteiger partial charge in [-0.25, -0.2) is 9.97 Å². The summed E-state index contributed by atoms with van der Waals surface area (Å²) in [5.41, 5.74) is 2.60. The highest BCUT2D eigenvalue weighted by Gasteiger charge is 2.32. The maximum absolute atomic E-state index is 12.3. The average molecular weight is 323 g/mol. The molecule has 2 unspecified atom stereocenters. The lowest BCUT2D eigenvalue weighted by Crippen LogP contribution is -2.35. The molecule has 3 aromatic heterocycles. The van der Waals surface area contributed by atoms with Gasteiger partial charge in [-0.1, -0.05) is 0 Å². The van der Waals surface area contributed by atoms with Gasteiger partial charge in [0.05, 0.1) is 24.6 Å². The van der Waals surface area contributed by atoms with E-state index in [1.807, 2.05) is 12.3 Å². The Morgan fingerprint density at radius 1 is 1.30 bits per heavy atom. The molecule has 3 heterocycles. The second kappa shape index (κ2) is 5.23. The minimum atomic E-state index is -4.16. The fourth-order valence-corrected chi connectivity index (χ4v) is 3.46. The van der Waals surface area contributed by atoms with Gasteiger partial charge in [-0.3, -0.25) is 0 Å². The zero-order valence-corrected chi connectivity index (χ0v) is 12.3. The summed E-state index contributed by atoms with van der Waals surface area (Å²) in [4.78, 5) is 11.8. The molecule has 3 aromatic rings. The molecule has 0 aromatic carbocycles. The third-order valence-electron chi connectivity index (χ3n) is 4.51. The number of nitrogens with zero attached hydrogens (tertiary/aromatic N) is 3. The fourth-order valence-electron chi connectivity index (χ4n) is 3.46. The molecule has 0 amide bonds. The Hall–Kier alpha value is -2.09. The summed E-state index contributed by atoms with van der Waals surface area (Å²) in [5.74, 6) is 0. The van der Waals surface area contributed by atoms with Gasteiger partial charge >= 0.3 is 6.18 Å². The summed E-state index contributed by atoms with van der Waals surface area (Å²) >= 11 is 0. The molecule has 5 nitrogen and oxygen atoms in total. The molecule has 122 valence electrons. The zero-order valence-electron chi connectivity index (χ0n) is 12.3. The first-order valence-corrected chi connectivity index (χ1v) is 7.60. The van der Waals surface area contributed by atoms with Crippen LogP contribution in [0.25, 0.3) is 22.1 Å². The Morgan fingerprint density at radius 2 is 2.17 bits per heavy atom. The van der Waals surface area contributed by atoms with Gasteiger partial charge in [0.2, 0.25) is 0 Å². The molecular weight excluding hydrogens is 307 g/mol. The lowest BCUT2D eigenvalue weighted by Gasteiger charge is -2.16. The maximum Gasteiger partial charge on any atom is 0.401 e. The Balaban J connectivity index is 1.59. The molecule has 1 fully saturated rings. The molecular formula is C15H16F3N5. The smallest absolute Gasteiger partial charge is 0.346 e. The first-order valence-electron chi connectivity index (χ1n) is 7.60. The normalized spacial score (nSPS) is 22.4. The lowest BCUT2D eigenvalue weighted by molar-refractivity contribution is -0.126. The quantitative estimate of drug-likeness (QED) is 0.778. The third kappa shape index (κ3) is 2.67. The summed E-state index contributed by atoms with van der Waals surface area (Å²) < 4.78 is 39.1. The summed E-state index contributed by atoms with van der Waals surface area (Å²) in [7, 11) is 0. The number of rotatable bonds is 3. The highest BCUT2D eigenvalue weighted by molar-refractivity contribution is 6.00. The number of aromatic amines is 1. The van der Waals surface area contributed by atoms with Gasteiger partial charge in [-0.2, -0.15) is 13.2 Å². The van der Waals surface area contributed by atoms with Crippen LogP contribution in [0.2, 0.25) is 0 Å². The van der Waals surface area contributed by atoms with Crippen LogP contribution in [0.5, 0.6) is 0 Å². The fraction of sp³-hybridized carbons (Fsp3) is 0.467. The standard InChI is InChI=1S/C15H16F3N5/c16-15(17,18)7-21-9-1-2-10(5-9)23-8-22-12-6-20-14-11(13(12)23)3-4-19-14/h3-4,6,8-10,21H,1-2,5,7H2,(H,19,20). The summed E-state index contributed by atoms with van der Waals surface area (Å²) in [5, 5.41) is 3.61. The number of hydrogen-bond donors (Lipinski definition) is 2. The van der Waals surface area contributed by atoms with E-state index >= 15 is 0 Å². The SMILES string of the molecule is FC(F)(F)CNC1CCC(n2cnc3cnc4[nH]ccc4c32)C1. The van der Waals surface area contributed by atoms with Gasteiger partial charge in [0, 0.05) is 23.7 Å². The predicted molar refractivity (Wildman–Crippen MR) is 80.1 cm³/mol. The molecule has 1 aliphatic carbocycles. The van der Waals surface area contributed by atoms with Gasteiger partial charge < -0.3 is 14.9 Å². The number of H-pyrrole nitrogens is 1. The van der Waals surface area contributed by atoms with E-state index in [0.717, 1.165) is 34.9 Å². The van der Waals surface area contributed by atoms with Crippen molar-refractivity contribution < 1.29 is 13.2 Å². The minimum Gasteiger partial charge on any atom is -0.346 e. The van der Waals surface area contributed by atoms with Gasteiger partial charge in [0.25, 0.3) is 0 Å². The number of imidazole rings is 1. The largest absolute Gasteiger partial charge is 0.401 e. The van der Waals surface area contributed by atoms with E-state index in [1.165, 1.54) is 0 Å². The van der Waals surface area contributed by atoms with Crippen LogP contribution in [0.1, 0.15) is 25.3 Å². The van der Waals surface area contributed by atoms with Gasteiger partial charge in [-0.15, -0.1) is 0 Å². The van der Waals surface area contributed by atoms with Crippen molar-refractivity contribution in [1.29, 1.82) is 0 Å². The molecule has 23 heavy (non-hydrogen) atoms. The molecule has 1 aliphatic rings. The number of hydrogen-bond acceptors (Lipinski definition) is 3. The summed E-state index contributed by atoms with van der Waals surface area (Å²) in [6.07, 6.45) is 3.42. The van der Waals surface area contributed by atoms with Crippen molar-refractivity contribution in [3.63, 3.8) is 0 Å². The van der Waals surface area contributed by atoms with Crippen molar-refractivity contribution in [2.45, 2.75) is 37.5 Å². The number of fused-ring (bicyclic) bond motifs is 3. The molecule has 0 spiro atoms. The highest BCUT2D eigenvalue weighted by Crippen LogP contribution is 2.34. The van der Waals surface area contributed by atoms with Crippen molar-refractivity contribution in [2.75, 3.05) is 6.54 Å². The van der Waals surface area contributed by atoms with Crippen molar-refractivity contribution in [3.8, 4) is 0 Å². The first kappa shape index (κ1) is 14.5. The third-order valence-corrected chi connectivity index (χ3v) is 4.51. The number of nitrogens with one attached hydrogen (secondary N) is 2. The number of halogens is 3. The molecule has 0 aliphatic heterocycles. The lowest BCUT2D eigenvalue weighted by atomic mass is 10.2. The van der Waals surface area contributed by atoms with Gasteiger partial charge in [-0.05, 0) is 25.3 Å². The van der Waals surface area contributed by atoms with Gasteiger partial charge in [0.1, 0.15) is 11.2 Å². The summed E-state index contributed by atoms with van der Waals surface area (Å²) in [6.45, 7) is -0.930. The molecule has 0 saturated heterocycles. The van der Waals surface area contributed by atoms with E-state index in [1.54, 1.807) is 12.5 Å². The van der Waals surface area contributed by atoms with Crippen LogP contribution in [-0.2, 0) is 0 Å². The van der Waals surface area contributed by atoms with Crippen LogP contribution >= 0.6 is 0 Å². The zero-order chi connectivity index (χ0) is 16.0. The van der Waals surface area contributed by atoms with Crippen LogP contribution in [0.15, 0.2) is 24.8 Å². The van der Waals surface area contributed by atoms with Crippen LogP contribution < -0.4 is 5.32 Å². The van der Waals surface area contributed by atoms with E-state index < -0.39 is 12.7 Å². The Labute approximate surface area is 129 Å². The first-order chi connectivity index (χ1) is 11.0. The second-order valence-electron chi connectivity index (χ2n) is 6.04. The summed E-state index contributed by atoms with van der Waals surface area (Å²) in [6, 6.07) is 2.01. The minimum absolute atomic E-state index is 0.109. The van der Waals surface area contributed by atoms with E-state index in [0.29, 0.717) is 6.42 Å². The molecule has 2 N–H and O–H groups in total. The molecule has 2 atom stereocenters. The monoisotopic (exact) mass is 323 g/mol. The molecule has 0 radical (unpaired) electrons. The predicted octanol–water partition coefficient (Wildman–Crippen LogP) is 3.16. The maximum atomic E-state index is 12.3. The molecule has 1 saturated carbocycles. The average Bonchev–Trinajstić information content (AvgIpc) is 3.21. The Bertz CT molecular complexity index is 834. The van der Waals surface area contributed by atoms with Crippen molar-refractivity contribution >= 4 is 22.1 Å². The second-order valence-corrected chi connectivity index (χ2v) is 6.04. The molecule has 4 rings (SSSR count). The Kier molecular flexibility index (Phi) is 3.29. The van der Waals surface area contributed by atoms with Gasteiger partial charge in [0.15, 0.2) is 0 Å². The van der Waals surface area contributed by atoms with E-state index in [-0.39, 0.29) is 12.1 Å². The van der Waals surface area contributed by atoms with E-state index in [9.17, 15) is 13.2 Å². The molecule has 0 bridgehead atoms. The van der Waals surface area contributed by atoms with Crippen LogP contribution in [-0.4, -0.2) is 38.3 Å². The number of aromatic nitrogens is 4. The van der Waals surface area contributed by atoms with E-state index in [4.69, 9.17) is 0 Å². The van der Waals surface area contributed by atoms with Crippen LogP contribution in [0.3, 0.4) is 0 Å². The van der Waals surface area contributed by atoms with Crippen molar-refractivity contribution in [1.82, 2.24) is 24.8 Å². The van der Waals surface area contributed by atoms with Crippen LogP contribution in [0, 0.1) is 0 Å². The number of alkyl halides is 3. The molecule has 8 heteroatoms. The van der Waals surface area contributed by atoms with Crippen molar-refractivity contribution in [2.24, 2.45) is 0 Å². The highest BCUT2D eigenvalue weighted by atomic mass is 19.4. The Morgan fingerprint density at radius 3 is 3.00 bits per heavy atom. The number of pyridine rings is 1. The topological polar surface area (TPSA) is 58.5 Å². The van der Waals surface area contributed by atoms with E-state index in [2.05, 4.69) is 24.8 Å². The van der Waals surface area contributed by atoms with Crippen LogP contribution in [0.4, 0.5) is 13.2 Å². The van der Waals surface area contributed by atoms with Crippen molar-refractivity contribution in [3.05, 3.63) is 24.8 Å².